The molecule has 1 heterocycles. The highest BCUT2D eigenvalue weighted by atomic mass is 16.5. The van der Waals surface area contributed by atoms with Crippen molar-refractivity contribution in [3.8, 4) is 0 Å². The van der Waals surface area contributed by atoms with E-state index in [1.54, 1.807) is 7.11 Å². The van der Waals surface area contributed by atoms with Crippen molar-refractivity contribution in [2.24, 2.45) is 5.92 Å². The Kier molecular flexibility index (Phi) is 5.40. The quantitative estimate of drug-likeness (QED) is 0.789. The number of piperidine rings is 1. The summed E-state index contributed by atoms with van der Waals surface area (Å²) in [4.78, 5) is 14.1. The molecule has 1 aliphatic heterocycles. The molecule has 0 aliphatic carbocycles. The first kappa shape index (κ1) is 14.5. The fourth-order valence-corrected chi connectivity index (χ4v) is 2.34. The lowest BCUT2D eigenvalue weighted by atomic mass is 9.97. The Morgan fingerprint density at radius 2 is 2.29 bits per heavy atom. The molecule has 0 spiro atoms. The van der Waals surface area contributed by atoms with Crippen LogP contribution < -0.4 is 5.32 Å². The topological polar surface area (TPSA) is 41.6 Å². The molecule has 1 fully saturated rings. The van der Waals surface area contributed by atoms with E-state index in [0.717, 1.165) is 19.6 Å². The minimum absolute atomic E-state index is 0.0908. The molecule has 2 atom stereocenters. The predicted molar refractivity (Wildman–Crippen MR) is 68.9 cm³/mol. The lowest BCUT2D eigenvalue weighted by molar-refractivity contribution is -0.152. The molecule has 1 saturated heterocycles. The van der Waals surface area contributed by atoms with Gasteiger partial charge in [-0.05, 0) is 45.2 Å². The lowest BCUT2D eigenvalue weighted by Crippen LogP contribution is -2.49. The van der Waals surface area contributed by atoms with E-state index >= 15 is 0 Å². The monoisotopic (exact) mass is 242 g/mol. The molecule has 1 rings (SSSR count). The summed E-state index contributed by atoms with van der Waals surface area (Å²) in [6, 6.07) is 0. The standard InChI is InChI=1S/C13H26N2O2/c1-5-13(2,17-4)12(16)15(3)10-11-7-6-8-14-9-11/h11,14H,5-10H2,1-4H3. The van der Waals surface area contributed by atoms with E-state index in [0.29, 0.717) is 12.3 Å². The summed E-state index contributed by atoms with van der Waals surface area (Å²) in [5.41, 5.74) is -0.670. The van der Waals surface area contributed by atoms with Crippen molar-refractivity contribution in [2.75, 3.05) is 33.8 Å². The number of likely N-dealkylation sites (N-methyl/N-ethyl adjacent to an activating group) is 1. The number of carbonyl (C=O) groups excluding carboxylic acids is 1. The normalized spacial score (nSPS) is 24.1. The molecule has 0 saturated carbocycles. The van der Waals surface area contributed by atoms with Gasteiger partial charge in [-0.15, -0.1) is 0 Å². The maximum atomic E-state index is 12.3. The van der Waals surface area contributed by atoms with Gasteiger partial charge in [0.15, 0.2) is 0 Å². The van der Waals surface area contributed by atoms with Crippen LogP contribution in [-0.2, 0) is 9.53 Å². The van der Waals surface area contributed by atoms with Crippen LogP contribution in [0.1, 0.15) is 33.1 Å². The maximum Gasteiger partial charge on any atom is 0.254 e. The van der Waals surface area contributed by atoms with Crippen LogP contribution in [0.25, 0.3) is 0 Å². The highest BCUT2D eigenvalue weighted by molar-refractivity contribution is 5.84. The maximum absolute atomic E-state index is 12.3. The highest BCUT2D eigenvalue weighted by Crippen LogP contribution is 2.19. The van der Waals surface area contributed by atoms with Gasteiger partial charge in [-0.1, -0.05) is 6.92 Å². The Hall–Kier alpha value is -0.610. The zero-order valence-electron chi connectivity index (χ0n) is 11.6. The van der Waals surface area contributed by atoms with Crippen molar-refractivity contribution in [2.45, 2.75) is 38.7 Å². The summed E-state index contributed by atoms with van der Waals surface area (Å²) in [6.07, 6.45) is 3.12. The summed E-state index contributed by atoms with van der Waals surface area (Å²) < 4.78 is 5.35. The molecule has 17 heavy (non-hydrogen) atoms. The first-order valence-corrected chi connectivity index (χ1v) is 6.55. The zero-order valence-corrected chi connectivity index (χ0v) is 11.6. The molecule has 0 radical (unpaired) electrons. The lowest BCUT2D eigenvalue weighted by Gasteiger charge is -2.33. The van der Waals surface area contributed by atoms with E-state index in [1.807, 2.05) is 25.8 Å². The Morgan fingerprint density at radius 1 is 1.59 bits per heavy atom. The zero-order chi connectivity index (χ0) is 12.9. The smallest absolute Gasteiger partial charge is 0.254 e. The van der Waals surface area contributed by atoms with Crippen molar-refractivity contribution in [1.29, 1.82) is 0 Å². The Balaban J connectivity index is 2.50. The number of ether oxygens (including phenoxy) is 1. The summed E-state index contributed by atoms with van der Waals surface area (Å²) in [5, 5.41) is 3.38. The van der Waals surface area contributed by atoms with Crippen molar-refractivity contribution in [3.05, 3.63) is 0 Å². The number of nitrogens with zero attached hydrogens (tertiary/aromatic N) is 1. The average Bonchev–Trinajstić information content (AvgIpc) is 2.38. The van der Waals surface area contributed by atoms with Gasteiger partial charge in [0.2, 0.25) is 0 Å². The molecule has 2 unspecified atom stereocenters. The van der Waals surface area contributed by atoms with E-state index in [4.69, 9.17) is 4.74 Å². The van der Waals surface area contributed by atoms with E-state index < -0.39 is 5.60 Å². The third-order valence-corrected chi connectivity index (χ3v) is 3.86. The molecular weight excluding hydrogens is 216 g/mol. The molecule has 4 nitrogen and oxygen atoms in total. The number of hydrogen-bond donors (Lipinski definition) is 1. The Morgan fingerprint density at radius 3 is 2.76 bits per heavy atom. The molecule has 1 aliphatic rings. The average molecular weight is 242 g/mol. The summed E-state index contributed by atoms with van der Waals surface area (Å²) >= 11 is 0. The van der Waals surface area contributed by atoms with Crippen LogP contribution in [0.4, 0.5) is 0 Å². The number of methoxy groups -OCH3 is 1. The van der Waals surface area contributed by atoms with Gasteiger partial charge in [0, 0.05) is 20.7 Å². The van der Waals surface area contributed by atoms with Crippen molar-refractivity contribution < 1.29 is 9.53 Å². The number of carbonyl (C=O) groups is 1. The van der Waals surface area contributed by atoms with Gasteiger partial charge in [0.25, 0.3) is 5.91 Å². The van der Waals surface area contributed by atoms with Crippen LogP contribution in [0.5, 0.6) is 0 Å². The van der Waals surface area contributed by atoms with Crippen LogP contribution in [0.15, 0.2) is 0 Å². The fourth-order valence-electron chi connectivity index (χ4n) is 2.34. The number of amides is 1. The van der Waals surface area contributed by atoms with Crippen LogP contribution in [0.2, 0.25) is 0 Å². The van der Waals surface area contributed by atoms with Crippen molar-refractivity contribution in [1.82, 2.24) is 10.2 Å². The summed E-state index contributed by atoms with van der Waals surface area (Å²) in [5.74, 6) is 0.670. The van der Waals surface area contributed by atoms with Gasteiger partial charge in [-0.2, -0.15) is 0 Å². The third kappa shape index (κ3) is 3.68. The molecule has 100 valence electrons. The number of rotatable bonds is 5. The van der Waals surface area contributed by atoms with E-state index in [2.05, 4.69) is 5.32 Å². The number of nitrogens with one attached hydrogen (secondary N) is 1. The fraction of sp³-hybridized carbons (Fsp3) is 0.923. The second-order valence-electron chi connectivity index (χ2n) is 5.19. The second-order valence-corrected chi connectivity index (χ2v) is 5.19. The third-order valence-electron chi connectivity index (χ3n) is 3.86. The van der Waals surface area contributed by atoms with Crippen LogP contribution >= 0.6 is 0 Å². The first-order chi connectivity index (χ1) is 8.03. The van der Waals surface area contributed by atoms with Gasteiger partial charge < -0.3 is 15.0 Å². The number of hydrogen-bond acceptors (Lipinski definition) is 3. The van der Waals surface area contributed by atoms with Gasteiger partial charge in [0.1, 0.15) is 5.60 Å². The van der Waals surface area contributed by atoms with E-state index in [1.165, 1.54) is 12.8 Å². The van der Waals surface area contributed by atoms with Gasteiger partial charge >= 0.3 is 0 Å². The molecule has 0 bridgehead atoms. The van der Waals surface area contributed by atoms with Crippen LogP contribution in [-0.4, -0.2) is 50.2 Å². The van der Waals surface area contributed by atoms with Crippen LogP contribution in [0, 0.1) is 5.92 Å². The van der Waals surface area contributed by atoms with Gasteiger partial charge in [-0.3, -0.25) is 4.79 Å². The van der Waals surface area contributed by atoms with Crippen molar-refractivity contribution >= 4 is 5.91 Å². The van der Waals surface area contributed by atoms with Gasteiger partial charge in [0.05, 0.1) is 0 Å². The largest absolute Gasteiger partial charge is 0.369 e. The molecule has 1 amide bonds. The SMILES string of the molecule is CCC(C)(OC)C(=O)N(C)CC1CCCNC1. The minimum Gasteiger partial charge on any atom is -0.369 e. The molecular formula is C13H26N2O2. The minimum atomic E-state index is -0.670. The van der Waals surface area contributed by atoms with Crippen molar-refractivity contribution in [3.63, 3.8) is 0 Å². The molecule has 0 aromatic heterocycles. The summed E-state index contributed by atoms with van der Waals surface area (Å²) in [6.45, 7) is 6.81. The Bertz CT molecular complexity index is 246. The molecule has 4 heteroatoms. The Labute approximate surface area is 105 Å². The predicted octanol–water partition coefficient (Wildman–Crippen LogP) is 1.26. The molecule has 0 aromatic rings. The first-order valence-electron chi connectivity index (χ1n) is 6.55. The van der Waals surface area contributed by atoms with Gasteiger partial charge in [-0.25, -0.2) is 0 Å². The van der Waals surface area contributed by atoms with Crippen LogP contribution in [0.3, 0.4) is 0 Å². The van der Waals surface area contributed by atoms with E-state index in [9.17, 15) is 4.79 Å². The summed E-state index contributed by atoms with van der Waals surface area (Å²) in [7, 11) is 3.49. The highest BCUT2D eigenvalue weighted by Gasteiger charge is 2.34. The van der Waals surface area contributed by atoms with E-state index in [-0.39, 0.29) is 5.91 Å². The second kappa shape index (κ2) is 6.36. The molecule has 0 aromatic carbocycles. The molecule has 1 N–H and O–H groups in total.